The van der Waals surface area contributed by atoms with E-state index in [-0.39, 0.29) is 0 Å². The van der Waals surface area contributed by atoms with E-state index in [9.17, 15) is 5.11 Å². The largest absolute Gasteiger partial charge is 0.461 e. The van der Waals surface area contributed by atoms with Gasteiger partial charge < -0.3 is 9.52 Å². The second-order valence-corrected chi connectivity index (χ2v) is 5.87. The van der Waals surface area contributed by atoms with Gasteiger partial charge in [-0.05, 0) is 30.7 Å². The molecule has 0 saturated carbocycles. The normalized spacial score (nSPS) is 12.8. The van der Waals surface area contributed by atoms with Gasteiger partial charge in [-0.2, -0.15) is 0 Å². The molecule has 0 aliphatic rings. The molecule has 0 amide bonds. The van der Waals surface area contributed by atoms with Gasteiger partial charge in [-0.25, -0.2) is 0 Å². The Kier molecular flexibility index (Phi) is 3.94. The summed E-state index contributed by atoms with van der Waals surface area (Å²) in [6, 6.07) is 13.0. The number of halogens is 2. The lowest BCUT2D eigenvalue weighted by atomic mass is 9.99. The summed E-state index contributed by atoms with van der Waals surface area (Å²) in [4.78, 5) is 0. The number of fused-ring (bicyclic) bond motifs is 1. The first-order valence-electron chi connectivity index (χ1n) is 6.66. The van der Waals surface area contributed by atoms with Crippen molar-refractivity contribution in [3.63, 3.8) is 0 Å². The van der Waals surface area contributed by atoms with E-state index in [2.05, 4.69) is 0 Å². The molecule has 0 radical (unpaired) electrons. The number of benzene rings is 2. The first kappa shape index (κ1) is 14.5. The highest BCUT2D eigenvalue weighted by Gasteiger charge is 2.19. The number of hydrogen-bond acceptors (Lipinski definition) is 2. The van der Waals surface area contributed by atoms with Gasteiger partial charge in [0.05, 0.1) is 6.10 Å². The lowest BCUT2D eigenvalue weighted by molar-refractivity contribution is 0.177. The molecule has 4 heteroatoms. The van der Waals surface area contributed by atoms with Crippen molar-refractivity contribution in [1.82, 2.24) is 0 Å². The monoisotopic (exact) mass is 320 g/mol. The predicted octanol–water partition coefficient (Wildman–Crippen LogP) is 5.32. The van der Waals surface area contributed by atoms with Gasteiger partial charge in [0.2, 0.25) is 0 Å². The van der Waals surface area contributed by atoms with E-state index in [1.54, 1.807) is 12.1 Å². The Labute approximate surface area is 132 Å². The van der Waals surface area contributed by atoms with Crippen LogP contribution in [-0.2, 0) is 6.42 Å². The zero-order chi connectivity index (χ0) is 15.0. The summed E-state index contributed by atoms with van der Waals surface area (Å²) in [5.41, 5.74) is 2.46. The molecule has 0 aliphatic carbocycles. The summed E-state index contributed by atoms with van der Waals surface area (Å²) in [6.45, 7) is 1.86. The SMILES string of the molecule is Cc1oc2ccccc2c1C(O)Cc1ccc(Cl)cc1Cl. The van der Waals surface area contributed by atoms with Crippen molar-refractivity contribution in [1.29, 1.82) is 0 Å². The maximum Gasteiger partial charge on any atom is 0.134 e. The number of aliphatic hydroxyl groups is 1. The van der Waals surface area contributed by atoms with Gasteiger partial charge in [-0.3, -0.25) is 0 Å². The number of furan rings is 1. The summed E-state index contributed by atoms with van der Waals surface area (Å²) in [5, 5.41) is 12.7. The van der Waals surface area contributed by atoms with Crippen LogP contribution in [0, 0.1) is 6.92 Å². The van der Waals surface area contributed by atoms with E-state index in [1.807, 2.05) is 37.3 Å². The fourth-order valence-corrected chi connectivity index (χ4v) is 3.09. The van der Waals surface area contributed by atoms with Gasteiger partial charge in [-0.15, -0.1) is 0 Å². The smallest absolute Gasteiger partial charge is 0.134 e. The van der Waals surface area contributed by atoms with Crippen LogP contribution in [0.25, 0.3) is 11.0 Å². The zero-order valence-corrected chi connectivity index (χ0v) is 12.9. The molecule has 3 aromatic rings. The van der Waals surface area contributed by atoms with Crippen LogP contribution in [0.1, 0.15) is 23.0 Å². The van der Waals surface area contributed by atoms with E-state index in [4.69, 9.17) is 27.6 Å². The Morgan fingerprint density at radius 1 is 1.14 bits per heavy atom. The molecule has 1 heterocycles. The second kappa shape index (κ2) is 5.72. The van der Waals surface area contributed by atoms with Crippen molar-refractivity contribution in [3.05, 3.63) is 69.4 Å². The molecule has 1 atom stereocenters. The molecular weight excluding hydrogens is 307 g/mol. The van der Waals surface area contributed by atoms with Gasteiger partial charge in [0.1, 0.15) is 11.3 Å². The Hall–Kier alpha value is -1.48. The second-order valence-electron chi connectivity index (χ2n) is 5.02. The van der Waals surface area contributed by atoms with Crippen LogP contribution in [0.4, 0.5) is 0 Å². The first-order chi connectivity index (χ1) is 10.1. The molecule has 1 aromatic heterocycles. The summed E-state index contributed by atoms with van der Waals surface area (Å²) in [7, 11) is 0. The molecule has 2 nitrogen and oxygen atoms in total. The lowest BCUT2D eigenvalue weighted by Gasteiger charge is -2.12. The van der Waals surface area contributed by atoms with E-state index >= 15 is 0 Å². The third kappa shape index (κ3) is 2.80. The van der Waals surface area contributed by atoms with E-state index < -0.39 is 6.10 Å². The Balaban J connectivity index is 1.97. The average Bonchev–Trinajstić information content (AvgIpc) is 2.77. The highest BCUT2D eigenvalue weighted by molar-refractivity contribution is 6.35. The molecule has 21 heavy (non-hydrogen) atoms. The molecule has 1 unspecified atom stereocenters. The molecule has 2 aromatic carbocycles. The third-order valence-electron chi connectivity index (χ3n) is 3.58. The van der Waals surface area contributed by atoms with E-state index in [1.165, 1.54) is 0 Å². The molecule has 1 N–H and O–H groups in total. The number of aryl methyl sites for hydroxylation is 1. The lowest BCUT2D eigenvalue weighted by Crippen LogP contribution is -2.03. The van der Waals surface area contributed by atoms with Crippen molar-refractivity contribution in [3.8, 4) is 0 Å². The van der Waals surface area contributed by atoms with Gasteiger partial charge in [0.15, 0.2) is 0 Å². The summed E-state index contributed by atoms with van der Waals surface area (Å²) >= 11 is 12.1. The van der Waals surface area contributed by atoms with Crippen molar-refractivity contribution in [2.75, 3.05) is 0 Å². The van der Waals surface area contributed by atoms with Crippen molar-refractivity contribution in [2.45, 2.75) is 19.4 Å². The van der Waals surface area contributed by atoms with Gasteiger partial charge in [0.25, 0.3) is 0 Å². The quantitative estimate of drug-likeness (QED) is 0.708. The minimum Gasteiger partial charge on any atom is -0.461 e. The molecule has 0 saturated heterocycles. The van der Waals surface area contributed by atoms with Crippen LogP contribution in [0.5, 0.6) is 0 Å². The predicted molar refractivity (Wildman–Crippen MR) is 86.1 cm³/mol. The van der Waals surface area contributed by atoms with Crippen molar-refractivity contribution in [2.24, 2.45) is 0 Å². The van der Waals surface area contributed by atoms with Gasteiger partial charge in [0, 0.05) is 27.4 Å². The van der Waals surface area contributed by atoms with Crippen LogP contribution < -0.4 is 0 Å². The Morgan fingerprint density at radius 3 is 2.67 bits per heavy atom. The minimum atomic E-state index is -0.674. The van der Waals surface area contributed by atoms with Gasteiger partial charge >= 0.3 is 0 Å². The van der Waals surface area contributed by atoms with Crippen LogP contribution in [0.2, 0.25) is 10.0 Å². The highest BCUT2D eigenvalue weighted by Crippen LogP contribution is 2.33. The fourth-order valence-electron chi connectivity index (χ4n) is 2.60. The number of hydrogen-bond donors (Lipinski definition) is 1. The highest BCUT2D eigenvalue weighted by atomic mass is 35.5. The molecule has 0 aliphatic heterocycles. The molecular formula is C17H14Cl2O2. The Bertz CT molecular complexity index is 793. The van der Waals surface area contributed by atoms with Crippen LogP contribution in [0.3, 0.4) is 0 Å². The first-order valence-corrected chi connectivity index (χ1v) is 7.42. The molecule has 108 valence electrons. The van der Waals surface area contributed by atoms with E-state index in [0.29, 0.717) is 16.5 Å². The number of rotatable bonds is 3. The van der Waals surface area contributed by atoms with Crippen molar-refractivity contribution < 1.29 is 9.52 Å². The van der Waals surface area contributed by atoms with E-state index in [0.717, 1.165) is 27.9 Å². The summed E-state index contributed by atoms with van der Waals surface area (Å²) < 4.78 is 5.69. The van der Waals surface area contributed by atoms with Gasteiger partial charge in [-0.1, -0.05) is 47.5 Å². The van der Waals surface area contributed by atoms with Crippen LogP contribution in [-0.4, -0.2) is 5.11 Å². The average molecular weight is 321 g/mol. The van der Waals surface area contributed by atoms with Crippen LogP contribution >= 0.6 is 23.2 Å². The number of aliphatic hydroxyl groups excluding tert-OH is 1. The maximum atomic E-state index is 10.6. The maximum absolute atomic E-state index is 10.6. The fraction of sp³-hybridized carbons (Fsp3) is 0.176. The topological polar surface area (TPSA) is 33.4 Å². The standard InChI is InChI=1S/C17H14Cl2O2/c1-10-17(13-4-2-3-5-16(13)21-10)15(20)8-11-6-7-12(18)9-14(11)19/h2-7,9,15,20H,8H2,1H3. The third-order valence-corrected chi connectivity index (χ3v) is 4.17. The molecule has 0 bridgehead atoms. The molecule has 3 rings (SSSR count). The summed E-state index contributed by atoms with van der Waals surface area (Å²) in [5.74, 6) is 0.730. The summed E-state index contributed by atoms with van der Waals surface area (Å²) in [6.07, 6.45) is -0.257. The zero-order valence-electron chi connectivity index (χ0n) is 11.4. The Morgan fingerprint density at radius 2 is 1.90 bits per heavy atom. The van der Waals surface area contributed by atoms with Crippen molar-refractivity contribution >= 4 is 34.2 Å². The molecule has 0 spiro atoms. The minimum absolute atomic E-state index is 0.417. The van der Waals surface area contributed by atoms with Crippen LogP contribution in [0.15, 0.2) is 46.9 Å². The number of para-hydroxylation sites is 1. The molecule has 0 fully saturated rings.